The Morgan fingerprint density at radius 1 is 1.17 bits per heavy atom. The fourth-order valence-electron chi connectivity index (χ4n) is 4.29. The first kappa shape index (κ1) is 21.5. The van der Waals surface area contributed by atoms with E-state index >= 15 is 0 Å². The van der Waals surface area contributed by atoms with E-state index in [0.717, 1.165) is 57.3 Å². The number of fused-ring (bicyclic) bond motifs is 1. The quantitative estimate of drug-likeness (QED) is 0.557. The van der Waals surface area contributed by atoms with Crippen molar-refractivity contribution in [2.75, 3.05) is 18.0 Å². The van der Waals surface area contributed by atoms with Gasteiger partial charge in [-0.25, -0.2) is 0 Å². The third-order valence-corrected chi connectivity index (χ3v) is 5.96. The largest absolute Gasteiger partial charge is 0.507 e. The Hall–Kier alpha value is -2.23. The number of allylic oxidation sites excluding steroid dienone is 4. The smallest absolute Gasteiger partial charge is 0.174 e. The second kappa shape index (κ2) is 9.06. The highest BCUT2D eigenvalue weighted by molar-refractivity contribution is 6.03. The standard InChI is InChI=1S/C25H35NO3/c1-18(2)9-7-10-19(3)11-8-12-25(4)17-22(28)24-21(27)15-20(16-23(24)29-25)26-13-5-6-14-26/h9,11,15-16,27H,5-8,10,12-14,17H2,1-4H3/b19-11+. The predicted molar refractivity (Wildman–Crippen MR) is 119 cm³/mol. The number of anilines is 1. The molecule has 0 aliphatic carbocycles. The molecule has 1 atom stereocenters. The van der Waals surface area contributed by atoms with Crippen LogP contribution in [0.2, 0.25) is 0 Å². The summed E-state index contributed by atoms with van der Waals surface area (Å²) < 4.78 is 6.32. The maximum absolute atomic E-state index is 12.8. The second-order valence-corrected chi connectivity index (χ2v) is 9.09. The van der Waals surface area contributed by atoms with Gasteiger partial charge in [0.1, 0.15) is 22.7 Å². The molecule has 0 aromatic heterocycles. The summed E-state index contributed by atoms with van der Waals surface area (Å²) in [6.07, 6.45) is 11.0. The fraction of sp³-hybridized carbons (Fsp3) is 0.560. The van der Waals surface area contributed by atoms with Crippen molar-refractivity contribution in [1.82, 2.24) is 0 Å². The molecule has 1 aromatic rings. The first-order chi connectivity index (χ1) is 13.8. The molecule has 1 saturated heterocycles. The van der Waals surface area contributed by atoms with Crippen molar-refractivity contribution in [2.24, 2.45) is 0 Å². The van der Waals surface area contributed by atoms with Crippen molar-refractivity contribution in [3.05, 3.63) is 41.0 Å². The molecule has 2 aliphatic heterocycles. The monoisotopic (exact) mass is 397 g/mol. The molecule has 4 heteroatoms. The van der Waals surface area contributed by atoms with E-state index in [1.807, 2.05) is 13.0 Å². The Labute approximate surface area is 175 Å². The normalized spacial score (nSPS) is 21.7. The van der Waals surface area contributed by atoms with E-state index in [4.69, 9.17) is 4.74 Å². The van der Waals surface area contributed by atoms with Crippen LogP contribution in [0.5, 0.6) is 11.5 Å². The van der Waals surface area contributed by atoms with Crippen molar-refractivity contribution < 1.29 is 14.6 Å². The maximum Gasteiger partial charge on any atom is 0.174 e. The van der Waals surface area contributed by atoms with Gasteiger partial charge in [0.15, 0.2) is 5.78 Å². The number of aromatic hydroxyl groups is 1. The van der Waals surface area contributed by atoms with Crippen LogP contribution in [0.4, 0.5) is 5.69 Å². The molecule has 4 nitrogen and oxygen atoms in total. The number of ketones is 1. The summed E-state index contributed by atoms with van der Waals surface area (Å²) in [6.45, 7) is 10.4. The van der Waals surface area contributed by atoms with Gasteiger partial charge in [-0.1, -0.05) is 23.3 Å². The number of phenolic OH excluding ortho intramolecular Hbond substituents is 1. The van der Waals surface area contributed by atoms with Crippen LogP contribution < -0.4 is 9.64 Å². The van der Waals surface area contributed by atoms with Gasteiger partial charge < -0.3 is 14.7 Å². The van der Waals surface area contributed by atoms with Gasteiger partial charge in [-0.2, -0.15) is 0 Å². The predicted octanol–water partition coefficient (Wildman–Crippen LogP) is 6.19. The highest BCUT2D eigenvalue weighted by Gasteiger charge is 2.38. The zero-order valence-corrected chi connectivity index (χ0v) is 18.4. The van der Waals surface area contributed by atoms with Crippen LogP contribution in [0.15, 0.2) is 35.4 Å². The Kier molecular flexibility index (Phi) is 6.71. The average molecular weight is 398 g/mol. The van der Waals surface area contributed by atoms with E-state index in [-0.39, 0.29) is 11.5 Å². The van der Waals surface area contributed by atoms with Crippen LogP contribution in [-0.4, -0.2) is 29.6 Å². The third-order valence-electron chi connectivity index (χ3n) is 5.96. The van der Waals surface area contributed by atoms with Crippen molar-refractivity contribution in [2.45, 2.75) is 78.2 Å². The minimum absolute atomic E-state index is 0.0246. The zero-order valence-electron chi connectivity index (χ0n) is 18.4. The lowest BCUT2D eigenvalue weighted by Gasteiger charge is -2.35. The van der Waals surface area contributed by atoms with Crippen LogP contribution in [0, 0.1) is 0 Å². The number of nitrogens with zero attached hydrogens (tertiary/aromatic N) is 1. The lowest BCUT2D eigenvalue weighted by molar-refractivity contribution is 0.0470. The number of phenols is 1. The molecule has 2 aliphatic rings. The number of Topliss-reactive ketones (excluding diaryl/α,β-unsaturated/α-hetero) is 1. The summed E-state index contributed by atoms with van der Waals surface area (Å²) in [7, 11) is 0. The highest BCUT2D eigenvalue weighted by atomic mass is 16.5. The minimum Gasteiger partial charge on any atom is -0.507 e. The molecular weight excluding hydrogens is 362 g/mol. The van der Waals surface area contributed by atoms with Crippen LogP contribution >= 0.6 is 0 Å². The maximum atomic E-state index is 12.8. The molecule has 2 heterocycles. The molecule has 0 saturated carbocycles. The first-order valence-corrected chi connectivity index (χ1v) is 10.9. The topological polar surface area (TPSA) is 49.8 Å². The Morgan fingerprint density at radius 2 is 1.90 bits per heavy atom. The molecule has 1 unspecified atom stereocenters. The van der Waals surface area contributed by atoms with Gasteiger partial charge in [0.05, 0.1) is 6.42 Å². The summed E-state index contributed by atoms with van der Waals surface area (Å²) in [6, 6.07) is 3.66. The van der Waals surface area contributed by atoms with E-state index in [9.17, 15) is 9.90 Å². The summed E-state index contributed by atoms with van der Waals surface area (Å²) in [4.78, 5) is 15.0. The van der Waals surface area contributed by atoms with Gasteiger partial charge in [0, 0.05) is 30.9 Å². The zero-order chi connectivity index (χ0) is 21.0. The van der Waals surface area contributed by atoms with Crippen molar-refractivity contribution in [3.63, 3.8) is 0 Å². The SMILES string of the molecule is CC(C)=CCC/C(C)=C/CCC1(C)CC(=O)c2c(O)cc(N3CCCC3)cc2O1. The molecular formula is C25H35NO3. The molecule has 0 bridgehead atoms. The Balaban J connectivity index is 1.68. The lowest BCUT2D eigenvalue weighted by atomic mass is 9.87. The van der Waals surface area contributed by atoms with Gasteiger partial charge in [-0.15, -0.1) is 0 Å². The fourth-order valence-corrected chi connectivity index (χ4v) is 4.29. The van der Waals surface area contributed by atoms with Crippen LogP contribution in [0.3, 0.4) is 0 Å². The Morgan fingerprint density at radius 3 is 2.59 bits per heavy atom. The number of benzene rings is 1. The van der Waals surface area contributed by atoms with E-state index in [2.05, 4.69) is 37.8 Å². The summed E-state index contributed by atoms with van der Waals surface area (Å²) in [5, 5.41) is 10.5. The molecule has 158 valence electrons. The van der Waals surface area contributed by atoms with E-state index in [1.165, 1.54) is 11.1 Å². The molecule has 0 amide bonds. The van der Waals surface area contributed by atoms with Crippen molar-refractivity contribution in [3.8, 4) is 11.5 Å². The van der Waals surface area contributed by atoms with Crippen molar-refractivity contribution >= 4 is 11.5 Å². The van der Waals surface area contributed by atoms with Gasteiger partial charge in [-0.05, 0) is 66.2 Å². The van der Waals surface area contributed by atoms with Gasteiger partial charge in [-0.3, -0.25) is 4.79 Å². The molecule has 29 heavy (non-hydrogen) atoms. The number of rotatable bonds is 7. The van der Waals surface area contributed by atoms with Crippen molar-refractivity contribution in [1.29, 1.82) is 0 Å². The minimum atomic E-state index is -0.531. The Bertz CT molecular complexity index is 814. The lowest BCUT2D eigenvalue weighted by Crippen LogP contribution is -2.39. The third kappa shape index (κ3) is 5.43. The summed E-state index contributed by atoms with van der Waals surface area (Å²) in [5.74, 6) is 0.560. The van der Waals surface area contributed by atoms with Crippen LogP contribution in [0.1, 0.15) is 83.0 Å². The number of hydrogen-bond acceptors (Lipinski definition) is 4. The number of hydrogen-bond donors (Lipinski definition) is 1. The van der Waals surface area contributed by atoms with Gasteiger partial charge in [0.2, 0.25) is 0 Å². The highest BCUT2D eigenvalue weighted by Crippen LogP contribution is 2.43. The molecule has 0 spiro atoms. The van der Waals surface area contributed by atoms with E-state index in [1.54, 1.807) is 6.07 Å². The summed E-state index contributed by atoms with van der Waals surface area (Å²) >= 11 is 0. The van der Waals surface area contributed by atoms with Gasteiger partial charge in [0.25, 0.3) is 0 Å². The second-order valence-electron chi connectivity index (χ2n) is 9.09. The molecule has 3 rings (SSSR count). The van der Waals surface area contributed by atoms with E-state index < -0.39 is 5.60 Å². The van der Waals surface area contributed by atoms with Crippen LogP contribution in [0.25, 0.3) is 0 Å². The average Bonchev–Trinajstić information content (AvgIpc) is 3.14. The van der Waals surface area contributed by atoms with E-state index in [0.29, 0.717) is 17.7 Å². The van der Waals surface area contributed by atoms with Crippen LogP contribution in [-0.2, 0) is 0 Å². The number of carbonyl (C=O) groups excluding carboxylic acids is 1. The molecule has 1 N–H and O–H groups in total. The first-order valence-electron chi connectivity index (χ1n) is 10.9. The van der Waals surface area contributed by atoms with Gasteiger partial charge >= 0.3 is 0 Å². The molecule has 1 aromatic carbocycles. The number of carbonyl (C=O) groups is 1. The summed E-state index contributed by atoms with van der Waals surface area (Å²) in [5.41, 5.74) is 3.50. The number of ether oxygens (including phenoxy) is 1. The molecule has 0 radical (unpaired) electrons. The molecule has 1 fully saturated rings.